The van der Waals surface area contributed by atoms with Crippen molar-refractivity contribution in [3.8, 4) is 5.69 Å². The molecule has 6 rings (SSSR count). The first-order valence-electron chi connectivity index (χ1n) is 11.8. The molecule has 0 bridgehead atoms. The number of nitro benzene ring substituents is 1. The van der Waals surface area contributed by atoms with E-state index in [0.717, 1.165) is 51.0 Å². The van der Waals surface area contributed by atoms with E-state index in [1.165, 1.54) is 12.1 Å². The maximum absolute atomic E-state index is 13.7. The summed E-state index contributed by atoms with van der Waals surface area (Å²) >= 11 is 0. The Hall–Kier alpha value is -4.19. The number of benzene rings is 3. The smallest absolute Gasteiger partial charge is 0.269 e. The largest absolute Gasteiger partial charge is 0.372 e. The van der Waals surface area contributed by atoms with E-state index in [1.807, 2.05) is 35.0 Å². The minimum atomic E-state index is -0.399. The van der Waals surface area contributed by atoms with E-state index in [0.29, 0.717) is 6.42 Å². The molecule has 2 aliphatic rings. The van der Waals surface area contributed by atoms with Crippen molar-refractivity contribution in [3.63, 3.8) is 0 Å². The summed E-state index contributed by atoms with van der Waals surface area (Å²) < 4.78 is 2.01. The zero-order chi connectivity index (χ0) is 24.3. The fraction of sp³-hybridized carbons (Fsp3) is 0.207. The summed E-state index contributed by atoms with van der Waals surface area (Å²) in [7, 11) is 0. The molecule has 35 heavy (non-hydrogen) atoms. The second kappa shape index (κ2) is 7.67. The van der Waals surface area contributed by atoms with Gasteiger partial charge in [-0.1, -0.05) is 44.2 Å². The number of hydrogen-bond acceptors (Lipinski definition) is 4. The van der Waals surface area contributed by atoms with Crippen molar-refractivity contribution in [2.75, 3.05) is 5.32 Å². The van der Waals surface area contributed by atoms with Crippen LogP contribution in [-0.4, -0.2) is 15.3 Å². The molecule has 0 spiro atoms. The van der Waals surface area contributed by atoms with Crippen LogP contribution >= 0.6 is 0 Å². The van der Waals surface area contributed by atoms with Gasteiger partial charge < -0.3 is 9.88 Å². The van der Waals surface area contributed by atoms with Gasteiger partial charge in [0.2, 0.25) is 0 Å². The molecule has 0 unspecified atom stereocenters. The van der Waals surface area contributed by atoms with E-state index in [4.69, 9.17) is 0 Å². The molecule has 1 aliphatic heterocycles. The highest BCUT2D eigenvalue weighted by atomic mass is 16.6. The number of hydrogen-bond donors (Lipinski definition) is 1. The van der Waals surface area contributed by atoms with Gasteiger partial charge in [-0.2, -0.15) is 0 Å². The zero-order valence-electron chi connectivity index (χ0n) is 19.6. The molecule has 1 aromatic heterocycles. The molecule has 1 atom stereocenters. The Morgan fingerprint density at radius 2 is 1.74 bits per heavy atom. The molecule has 0 fully saturated rings. The predicted molar refractivity (Wildman–Crippen MR) is 138 cm³/mol. The van der Waals surface area contributed by atoms with Crippen LogP contribution in [0.5, 0.6) is 0 Å². The number of allylic oxidation sites excluding steroid dienone is 1. The molecule has 2 heterocycles. The average Bonchev–Trinajstić information content (AvgIpc) is 3.32. The van der Waals surface area contributed by atoms with Crippen molar-refractivity contribution in [2.45, 2.75) is 32.7 Å². The Labute approximate surface area is 203 Å². The van der Waals surface area contributed by atoms with Gasteiger partial charge >= 0.3 is 0 Å². The SMILES string of the molecule is CC1(C)CC(=O)C2=C(C1)c1c(ccc3ccccc13)N[C@@H]2c1cccn1-c1ccc([N+](=O)[O-])cc1. The monoisotopic (exact) mass is 463 g/mol. The minimum Gasteiger partial charge on any atom is -0.372 e. The number of nitro groups is 1. The lowest BCUT2D eigenvalue weighted by Gasteiger charge is -2.40. The Morgan fingerprint density at radius 1 is 0.971 bits per heavy atom. The molecule has 0 amide bonds. The van der Waals surface area contributed by atoms with Crippen molar-refractivity contribution in [2.24, 2.45) is 5.41 Å². The first kappa shape index (κ1) is 21.4. The number of non-ortho nitro benzene ring substituents is 1. The lowest BCUT2D eigenvalue weighted by Crippen LogP contribution is -2.33. The van der Waals surface area contributed by atoms with Crippen molar-refractivity contribution in [3.05, 3.63) is 106 Å². The summed E-state index contributed by atoms with van der Waals surface area (Å²) in [6.07, 6.45) is 3.26. The average molecular weight is 464 g/mol. The van der Waals surface area contributed by atoms with Crippen molar-refractivity contribution in [1.82, 2.24) is 4.57 Å². The van der Waals surface area contributed by atoms with Crippen molar-refractivity contribution in [1.29, 1.82) is 0 Å². The highest BCUT2D eigenvalue weighted by Crippen LogP contribution is 2.52. The topological polar surface area (TPSA) is 77.2 Å². The number of fused-ring (bicyclic) bond motifs is 4. The van der Waals surface area contributed by atoms with Gasteiger partial charge in [0.25, 0.3) is 5.69 Å². The zero-order valence-corrected chi connectivity index (χ0v) is 19.6. The Bertz CT molecular complexity index is 1540. The van der Waals surface area contributed by atoms with Crippen LogP contribution in [0.4, 0.5) is 11.4 Å². The lowest BCUT2D eigenvalue weighted by atomic mass is 9.68. The molecular weight excluding hydrogens is 438 g/mol. The number of ketones is 1. The fourth-order valence-electron chi connectivity index (χ4n) is 5.66. The van der Waals surface area contributed by atoms with Gasteiger partial charge in [0.1, 0.15) is 0 Å². The first-order chi connectivity index (χ1) is 16.8. The van der Waals surface area contributed by atoms with Gasteiger partial charge in [-0.15, -0.1) is 0 Å². The summed E-state index contributed by atoms with van der Waals surface area (Å²) in [5.41, 5.74) is 5.78. The third-order valence-electron chi connectivity index (χ3n) is 7.15. The standard InChI is InChI=1S/C29H25N3O3/c1-29(2)16-22-26-21-7-4-3-6-18(21)9-14-23(26)30-28(27(22)25(33)17-29)24-8-5-15-31(24)19-10-12-20(13-11-19)32(34)35/h3-15,28,30H,16-17H2,1-2H3/t28-/m1/s1. The minimum absolute atomic E-state index is 0.0498. The molecule has 0 radical (unpaired) electrons. The molecule has 6 nitrogen and oxygen atoms in total. The van der Waals surface area contributed by atoms with Gasteiger partial charge in [0.15, 0.2) is 5.78 Å². The van der Waals surface area contributed by atoms with Crippen LogP contribution in [0.3, 0.4) is 0 Å². The number of anilines is 1. The van der Waals surface area contributed by atoms with Gasteiger partial charge in [-0.25, -0.2) is 0 Å². The van der Waals surface area contributed by atoms with Crippen LogP contribution in [0.1, 0.15) is 44.0 Å². The number of Topliss-reactive ketones (excluding diaryl/α,β-unsaturated/α-hetero) is 1. The first-order valence-corrected chi connectivity index (χ1v) is 11.8. The number of nitrogens with one attached hydrogen (secondary N) is 1. The summed E-state index contributed by atoms with van der Waals surface area (Å²) in [6.45, 7) is 4.33. The van der Waals surface area contributed by atoms with Crippen LogP contribution < -0.4 is 5.32 Å². The van der Waals surface area contributed by atoms with Crippen LogP contribution in [0.15, 0.2) is 84.6 Å². The van der Waals surface area contributed by atoms with E-state index in [-0.39, 0.29) is 22.9 Å². The second-order valence-corrected chi connectivity index (χ2v) is 10.2. The van der Waals surface area contributed by atoms with Crippen LogP contribution in [0.2, 0.25) is 0 Å². The number of nitrogens with zero attached hydrogens (tertiary/aromatic N) is 2. The number of carbonyl (C=O) groups excluding carboxylic acids is 1. The summed E-state index contributed by atoms with van der Waals surface area (Å²) in [6, 6.07) is 22.7. The Kier molecular flexibility index (Phi) is 4.68. The predicted octanol–water partition coefficient (Wildman–Crippen LogP) is 6.85. The molecule has 3 aromatic carbocycles. The van der Waals surface area contributed by atoms with Gasteiger partial charge in [-0.3, -0.25) is 14.9 Å². The number of carbonyl (C=O) groups is 1. The van der Waals surface area contributed by atoms with Gasteiger partial charge in [-0.05, 0) is 58.5 Å². The van der Waals surface area contributed by atoms with Crippen LogP contribution in [-0.2, 0) is 4.79 Å². The highest BCUT2D eigenvalue weighted by Gasteiger charge is 2.41. The summed E-state index contributed by atoms with van der Waals surface area (Å²) in [4.78, 5) is 24.4. The van der Waals surface area contributed by atoms with Crippen LogP contribution in [0, 0.1) is 15.5 Å². The molecule has 6 heteroatoms. The highest BCUT2D eigenvalue weighted by molar-refractivity contribution is 6.12. The lowest BCUT2D eigenvalue weighted by molar-refractivity contribution is -0.384. The van der Waals surface area contributed by atoms with Gasteiger partial charge in [0, 0.05) is 53.0 Å². The maximum Gasteiger partial charge on any atom is 0.269 e. The summed E-state index contributed by atoms with van der Waals surface area (Å²) in [5.74, 6) is 0.170. The van der Waals surface area contributed by atoms with E-state index >= 15 is 0 Å². The molecule has 1 N–H and O–H groups in total. The Morgan fingerprint density at radius 3 is 2.51 bits per heavy atom. The van der Waals surface area contributed by atoms with Crippen molar-refractivity contribution < 1.29 is 9.72 Å². The molecule has 1 aliphatic carbocycles. The third kappa shape index (κ3) is 3.44. The quantitative estimate of drug-likeness (QED) is 0.266. The van der Waals surface area contributed by atoms with E-state index in [9.17, 15) is 14.9 Å². The molecule has 4 aromatic rings. The number of aromatic nitrogens is 1. The van der Waals surface area contributed by atoms with Crippen molar-refractivity contribution >= 4 is 33.5 Å². The van der Waals surface area contributed by atoms with E-state index in [2.05, 4.69) is 43.4 Å². The van der Waals surface area contributed by atoms with E-state index < -0.39 is 4.92 Å². The van der Waals surface area contributed by atoms with Crippen LogP contribution in [0.25, 0.3) is 22.0 Å². The maximum atomic E-state index is 13.7. The Balaban J connectivity index is 1.55. The number of rotatable bonds is 3. The molecular formula is C29H25N3O3. The van der Waals surface area contributed by atoms with Gasteiger partial charge in [0.05, 0.1) is 11.0 Å². The third-order valence-corrected chi connectivity index (χ3v) is 7.15. The molecule has 0 saturated carbocycles. The fourth-order valence-corrected chi connectivity index (χ4v) is 5.66. The molecule has 174 valence electrons. The summed E-state index contributed by atoms with van der Waals surface area (Å²) in [5, 5.41) is 17.1. The normalized spacial score (nSPS) is 18.7. The van der Waals surface area contributed by atoms with E-state index in [1.54, 1.807) is 12.1 Å². The second-order valence-electron chi connectivity index (χ2n) is 10.2. The molecule has 0 saturated heterocycles.